The first-order valence-corrected chi connectivity index (χ1v) is 7.26. The Morgan fingerprint density at radius 2 is 2.00 bits per heavy atom. The number of aromatic carboxylic acids is 1. The zero-order valence-electron chi connectivity index (χ0n) is 11.3. The van der Waals surface area contributed by atoms with E-state index in [1.165, 1.54) is 11.3 Å². The number of aromatic nitrogens is 1. The number of hydrogen-bond donors (Lipinski definition) is 1. The van der Waals surface area contributed by atoms with Crippen LogP contribution in [0.25, 0.3) is 0 Å². The number of thiazole rings is 1. The van der Waals surface area contributed by atoms with Gasteiger partial charge in [0.25, 0.3) is 0 Å². The van der Waals surface area contributed by atoms with Crippen molar-refractivity contribution in [3.8, 4) is 0 Å². The first-order valence-electron chi connectivity index (χ1n) is 6.06. The van der Waals surface area contributed by atoms with Crippen LogP contribution in [0.1, 0.15) is 25.9 Å². The molecule has 106 valence electrons. The maximum absolute atomic E-state index is 11.2. The fraction of sp³-hybridized carbons (Fsp3) is 0.286. The highest BCUT2D eigenvalue weighted by Crippen LogP contribution is 2.23. The van der Waals surface area contributed by atoms with Gasteiger partial charge >= 0.3 is 5.97 Å². The lowest BCUT2D eigenvalue weighted by Crippen LogP contribution is -2.12. The van der Waals surface area contributed by atoms with E-state index in [9.17, 15) is 9.90 Å². The van der Waals surface area contributed by atoms with Gasteiger partial charge in [0.2, 0.25) is 0 Å². The first-order chi connectivity index (χ1) is 9.45. The van der Waals surface area contributed by atoms with Gasteiger partial charge in [-0.15, -0.1) is 11.3 Å². The molecule has 2 rings (SSSR count). The number of benzene rings is 1. The molecule has 6 heteroatoms. The molecule has 1 aromatic heterocycles. The molecule has 0 bridgehead atoms. The molecule has 0 unspecified atom stereocenters. The van der Waals surface area contributed by atoms with Crippen molar-refractivity contribution in [1.29, 1.82) is 0 Å². The lowest BCUT2D eigenvalue weighted by Gasteiger charge is -2.06. The Bertz CT molecular complexity index is 608. The van der Waals surface area contributed by atoms with E-state index in [1.54, 1.807) is 0 Å². The van der Waals surface area contributed by atoms with Gasteiger partial charge in [0.15, 0.2) is 5.69 Å². The van der Waals surface area contributed by atoms with Gasteiger partial charge in [-0.2, -0.15) is 0 Å². The summed E-state index contributed by atoms with van der Waals surface area (Å²) >= 11 is 7.30. The third-order valence-corrected chi connectivity index (χ3v) is 3.96. The van der Waals surface area contributed by atoms with Crippen molar-refractivity contribution in [2.75, 3.05) is 14.1 Å². The van der Waals surface area contributed by atoms with Gasteiger partial charge in [0.1, 0.15) is 0 Å². The molecular formula is C14H15ClN2O2S. The van der Waals surface area contributed by atoms with E-state index in [0.717, 1.165) is 15.4 Å². The maximum Gasteiger partial charge on any atom is 0.355 e. The summed E-state index contributed by atoms with van der Waals surface area (Å²) < 4.78 is 0. The van der Waals surface area contributed by atoms with Crippen LogP contribution in [0.4, 0.5) is 0 Å². The summed E-state index contributed by atoms with van der Waals surface area (Å²) in [6.07, 6.45) is 0.621. The third kappa shape index (κ3) is 3.79. The molecule has 20 heavy (non-hydrogen) atoms. The molecule has 0 aliphatic heterocycles. The Morgan fingerprint density at radius 1 is 1.35 bits per heavy atom. The first kappa shape index (κ1) is 15.0. The molecule has 0 aliphatic rings. The summed E-state index contributed by atoms with van der Waals surface area (Å²) in [6.45, 7) is 0.583. The number of halogens is 1. The molecule has 1 N–H and O–H groups in total. The standard InChI is InChI=1S/C14H15ClN2O2S/c1-17(2)8-11-13(14(18)19)16-12(20-11)7-9-3-5-10(15)6-4-9/h3-6H,7-8H2,1-2H3,(H,18,19). The molecule has 0 atom stereocenters. The monoisotopic (exact) mass is 310 g/mol. The lowest BCUT2D eigenvalue weighted by molar-refractivity contribution is 0.0689. The molecule has 0 saturated carbocycles. The minimum absolute atomic E-state index is 0.160. The topological polar surface area (TPSA) is 53.4 Å². The molecule has 0 fully saturated rings. The summed E-state index contributed by atoms with van der Waals surface area (Å²) in [6, 6.07) is 7.50. The van der Waals surface area contributed by atoms with Crippen molar-refractivity contribution in [2.45, 2.75) is 13.0 Å². The Morgan fingerprint density at radius 3 is 2.55 bits per heavy atom. The average Bonchev–Trinajstić information content (AvgIpc) is 2.74. The fourth-order valence-corrected chi connectivity index (χ4v) is 3.15. The predicted molar refractivity (Wildman–Crippen MR) is 80.7 cm³/mol. The Balaban J connectivity index is 2.24. The van der Waals surface area contributed by atoms with E-state index >= 15 is 0 Å². The predicted octanol–water partition coefficient (Wildman–Crippen LogP) is 3.15. The van der Waals surface area contributed by atoms with E-state index in [2.05, 4.69) is 4.98 Å². The molecule has 0 saturated heterocycles. The van der Waals surface area contributed by atoms with Crippen molar-refractivity contribution in [3.63, 3.8) is 0 Å². The maximum atomic E-state index is 11.2. The molecule has 0 radical (unpaired) electrons. The second kappa shape index (κ2) is 6.35. The Labute approximate surface area is 126 Å². The minimum atomic E-state index is -0.972. The Hall–Kier alpha value is -1.43. The van der Waals surface area contributed by atoms with Crippen LogP contribution in [0.2, 0.25) is 5.02 Å². The van der Waals surface area contributed by atoms with Crippen LogP contribution < -0.4 is 0 Å². The van der Waals surface area contributed by atoms with Crippen LogP contribution in [0.3, 0.4) is 0 Å². The van der Waals surface area contributed by atoms with Crippen LogP contribution in [0.15, 0.2) is 24.3 Å². The van der Waals surface area contributed by atoms with Crippen LogP contribution in [-0.2, 0) is 13.0 Å². The number of hydrogen-bond acceptors (Lipinski definition) is 4. The average molecular weight is 311 g/mol. The molecule has 0 spiro atoms. The second-order valence-corrected chi connectivity index (χ2v) is 6.33. The SMILES string of the molecule is CN(C)Cc1sc(Cc2ccc(Cl)cc2)nc1C(=O)O. The van der Waals surface area contributed by atoms with Gasteiger partial charge in [-0.05, 0) is 31.8 Å². The highest BCUT2D eigenvalue weighted by molar-refractivity contribution is 7.11. The molecule has 2 aromatic rings. The lowest BCUT2D eigenvalue weighted by atomic mass is 10.2. The number of rotatable bonds is 5. The normalized spacial score (nSPS) is 11.0. The number of carboxylic acid groups (broad SMARTS) is 1. The molecule has 4 nitrogen and oxygen atoms in total. The molecule has 0 aliphatic carbocycles. The van der Waals surface area contributed by atoms with Crippen molar-refractivity contribution >= 4 is 28.9 Å². The minimum Gasteiger partial charge on any atom is -0.476 e. The third-order valence-electron chi connectivity index (χ3n) is 2.67. The summed E-state index contributed by atoms with van der Waals surface area (Å²) in [5, 5.41) is 10.7. The number of carbonyl (C=O) groups is 1. The van der Waals surface area contributed by atoms with E-state index in [1.807, 2.05) is 43.3 Å². The molecule has 1 aromatic carbocycles. The van der Waals surface area contributed by atoms with Gasteiger partial charge in [0, 0.05) is 18.0 Å². The van der Waals surface area contributed by atoms with E-state index in [0.29, 0.717) is 18.0 Å². The van der Waals surface area contributed by atoms with E-state index in [-0.39, 0.29) is 5.69 Å². The number of carboxylic acids is 1. The van der Waals surface area contributed by atoms with Gasteiger partial charge in [-0.25, -0.2) is 9.78 Å². The van der Waals surface area contributed by atoms with Crippen LogP contribution >= 0.6 is 22.9 Å². The van der Waals surface area contributed by atoms with Gasteiger partial charge in [-0.1, -0.05) is 23.7 Å². The second-order valence-electron chi connectivity index (χ2n) is 4.73. The van der Waals surface area contributed by atoms with Crippen LogP contribution in [0.5, 0.6) is 0 Å². The molecule has 1 heterocycles. The van der Waals surface area contributed by atoms with Crippen molar-refractivity contribution in [2.24, 2.45) is 0 Å². The largest absolute Gasteiger partial charge is 0.476 e. The van der Waals surface area contributed by atoms with E-state index in [4.69, 9.17) is 11.6 Å². The summed E-state index contributed by atoms with van der Waals surface area (Å²) in [7, 11) is 3.81. The van der Waals surface area contributed by atoms with Crippen LogP contribution in [0, 0.1) is 0 Å². The Kier molecular flexibility index (Phi) is 4.75. The van der Waals surface area contributed by atoms with Crippen molar-refractivity contribution < 1.29 is 9.90 Å². The van der Waals surface area contributed by atoms with Crippen LogP contribution in [-0.4, -0.2) is 35.1 Å². The summed E-state index contributed by atoms with van der Waals surface area (Å²) in [5.74, 6) is -0.972. The fourth-order valence-electron chi connectivity index (χ4n) is 1.81. The van der Waals surface area contributed by atoms with E-state index < -0.39 is 5.97 Å². The number of nitrogens with zero attached hydrogens (tertiary/aromatic N) is 2. The zero-order chi connectivity index (χ0) is 14.7. The van der Waals surface area contributed by atoms with Crippen molar-refractivity contribution in [1.82, 2.24) is 9.88 Å². The highest BCUT2D eigenvalue weighted by Gasteiger charge is 2.17. The quantitative estimate of drug-likeness (QED) is 0.921. The molecule has 0 amide bonds. The molecular weight excluding hydrogens is 296 g/mol. The summed E-state index contributed by atoms with van der Waals surface area (Å²) in [5.41, 5.74) is 1.23. The smallest absolute Gasteiger partial charge is 0.355 e. The van der Waals surface area contributed by atoms with Gasteiger partial charge in [-0.3, -0.25) is 0 Å². The van der Waals surface area contributed by atoms with Gasteiger partial charge < -0.3 is 10.0 Å². The summed E-state index contributed by atoms with van der Waals surface area (Å²) in [4.78, 5) is 18.2. The van der Waals surface area contributed by atoms with Gasteiger partial charge in [0.05, 0.1) is 9.88 Å². The zero-order valence-corrected chi connectivity index (χ0v) is 12.8. The highest BCUT2D eigenvalue weighted by atomic mass is 35.5. The van der Waals surface area contributed by atoms with Crippen molar-refractivity contribution in [3.05, 3.63) is 50.4 Å².